The third-order valence-electron chi connectivity index (χ3n) is 3.34. The lowest BCUT2D eigenvalue weighted by atomic mass is 9.88. The molecule has 2 atom stereocenters. The smallest absolute Gasteiger partial charge is 0.157 e. The van der Waals surface area contributed by atoms with Crippen LogP contribution in [0.1, 0.15) is 48.0 Å². The van der Waals surface area contributed by atoms with Crippen molar-refractivity contribution in [2.24, 2.45) is 16.3 Å². The molecular weight excluding hydrogens is 216 g/mol. The summed E-state index contributed by atoms with van der Waals surface area (Å²) in [6, 6.07) is 0.973. The highest BCUT2D eigenvalue weighted by Crippen LogP contribution is 2.24. The van der Waals surface area contributed by atoms with Crippen LogP contribution in [-0.2, 0) is 0 Å². The molecule has 16 heavy (non-hydrogen) atoms. The highest BCUT2D eigenvalue weighted by Gasteiger charge is 2.24. The highest BCUT2D eigenvalue weighted by atomic mass is 32.2. The van der Waals surface area contributed by atoms with Gasteiger partial charge in [-0.2, -0.15) is 0 Å². The zero-order valence-corrected chi connectivity index (χ0v) is 12.3. The minimum absolute atomic E-state index is 0.286. The second-order valence-corrected chi connectivity index (χ2v) is 7.20. The standard InChI is InChI=1S/C13H26N2S/c1-9(2)11-7-8-16-12(15-11)14-10(3)13(4,5)6/h9-11H,7-8H2,1-6H3,(H,14,15). The van der Waals surface area contributed by atoms with Crippen molar-refractivity contribution in [3.8, 4) is 0 Å². The van der Waals surface area contributed by atoms with Crippen LogP contribution in [0.25, 0.3) is 0 Å². The average Bonchev–Trinajstić information content (AvgIpc) is 2.16. The molecule has 3 heteroatoms. The minimum Gasteiger partial charge on any atom is -0.362 e. The largest absolute Gasteiger partial charge is 0.362 e. The van der Waals surface area contributed by atoms with Crippen molar-refractivity contribution in [3.63, 3.8) is 0 Å². The van der Waals surface area contributed by atoms with Crippen LogP contribution >= 0.6 is 11.8 Å². The molecule has 0 radical (unpaired) electrons. The molecule has 0 bridgehead atoms. The van der Waals surface area contributed by atoms with Crippen molar-refractivity contribution in [3.05, 3.63) is 0 Å². The molecule has 0 fully saturated rings. The Bertz CT molecular complexity index is 253. The molecule has 0 aromatic rings. The summed E-state index contributed by atoms with van der Waals surface area (Å²) < 4.78 is 0. The van der Waals surface area contributed by atoms with Crippen LogP contribution in [0.5, 0.6) is 0 Å². The second-order valence-electron chi connectivity index (χ2n) is 6.11. The van der Waals surface area contributed by atoms with Gasteiger partial charge in [-0.3, -0.25) is 4.99 Å². The quantitative estimate of drug-likeness (QED) is 0.801. The van der Waals surface area contributed by atoms with Gasteiger partial charge in [0, 0.05) is 11.8 Å². The number of thioether (sulfide) groups is 1. The zero-order chi connectivity index (χ0) is 12.3. The molecule has 2 nitrogen and oxygen atoms in total. The number of hydrogen-bond acceptors (Lipinski definition) is 3. The molecule has 0 amide bonds. The fourth-order valence-electron chi connectivity index (χ4n) is 1.49. The van der Waals surface area contributed by atoms with E-state index in [0.29, 0.717) is 18.0 Å². The molecule has 0 saturated heterocycles. The van der Waals surface area contributed by atoms with Crippen molar-refractivity contribution in [2.45, 2.75) is 60.0 Å². The first-order valence-corrected chi connectivity index (χ1v) is 7.26. The maximum Gasteiger partial charge on any atom is 0.157 e. The Morgan fingerprint density at radius 1 is 1.31 bits per heavy atom. The summed E-state index contributed by atoms with van der Waals surface area (Å²) in [7, 11) is 0. The first kappa shape index (κ1) is 13.9. The van der Waals surface area contributed by atoms with Crippen LogP contribution in [0.15, 0.2) is 4.99 Å². The first-order chi connectivity index (χ1) is 7.30. The van der Waals surface area contributed by atoms with Gasteiger partial charge in [-0.05, 0) is 24.7 Å². The molecule has 2 unspecified atom stereocenters. The van der Waals surface area contributed by atoms with E-state index < -0.39 is 0 Å². The van der Waals surface area contributed by atoms with Gasteiger partial charge in [-0.15, -0.1) is 0 Å². The Kier molecular flexibility index (Phi) is 4.72. The highest BCUT2D eigenvalue weighted by molar-refractivity contribution is 8.13. The number of nitrogens with zero attached hydrogens (tertiary/aromatic N) is 1. The van der Waals surface area contributed by atoms with E-state index in [-0.39, 0.29) is 5.41 Å². The number of amidine groups is 1. The number of rotatable bonds is 2. The van der Waals surface area contributed by atoms with E-state index >= 15 is 0 Å². The van der Waals surface area contributed by atoms with Crippen LogP contribution in [0, 0.1) is 11.3 Å². The molecule has 0 aliphatic carbocycles. The normalized spacial score (nSPS) is 24.2. The van der Waals surface area contributed by atoms with Gasteiger partial charge in [0.25, 0.3) is 0 Å². The molecule has 1 heterocycles. The summed E-state index contributed by atoms with van der Waals surface area (Å²) in [6.45, 7) is 13.5. The van der Waals surface area contributed by atoms with E-state index in [9.17, 15) is 0 Å². The van der Waals surface area contributed by atoms with Crippen LogP contribution in [-0.4, -0.2) is 23.0 Å². The van der Waals surface area contributed by atoms with Gasteiger partial charge >= 0.3 is 0 Å². The fourth-order valence-corrected chi connectivity index (χ4v) is 2.51. The average molecular weight is 242 g/mol. The third-order valence-corrected chi connectivity index (χ3v) is 4.28. The number of hydrogen-bond donors (Lipinski definition) is 1. The van der Waals surface area contributed by atoms with Gasteiger partial charge in [0.2, 0.25) is 0 Å². The van der Waals surface area contributed by atoms with Crippen molar-refractivity contribution < 1.29 is 0 Å². The van der Waals surface area contributed by atoms with Crippen LogP contribution < -0.4 is 5.32 Å². The predicted molar refractivity (Wildman–Crippen MR) is 75.2 cm³/mol. The molecular formula is C13H26N2S. The lowest BCUT2D eigenvalue weighted by Crippen LogP contribution is -2.42. The molecule has 1 rings (SSSR count). The van der Waals surface area contributed by atoms with E-state index in [2.05, 4.69) is 46.9 Å². The summed E-state index contributed by atoms with van der Waals surface area (Å²) >= 11 is 1.87. The lowest BCUT2D eigenvalue weighted by Gasteiger charge is -2.31. The number of aliphatic imine (C=N–C) groups is 1. The number of nitrogens with one attached hydrogen (secondary N) is 1. The van der Waals surface area contributed by atoms with Crippen molar-refractivity contribution in [1.29, 1.82) is 0 Å². The Morgan fingerprint density at radius 2 is 1.94 bits per heavy atom. The fraction of sp³-hybridized carbons (Fsp3) is 0.923. The molecule has 0 saturated carbocycles. The summed E-state index contributed by atoms with van der Waals surface area (Å²) in [4.78, 5) is 4.80. The molecule has 0 aromatic carbocycles. The Morgan fingerprint density at radius 3 is 2.44 bits per heavy atom. The molecule has 0 spiro atoms. The summed E-state index contributed by atoms with van der Waals surface area (Å²) in [5.74, 6) is 1.86. The molecule has 94 valence electrons. The summed E-state index contributed by atoms with van der Waals surface area (Å²) in [5.41, 5.74) is 0.286. The SMILES string of the molecule is CC(C)C1CCSC(NC(C)C(C)(C)C)=N1. The van der Waals surface area contributed by atoms with Crippen molar-refractivity contribution >= 4 is 16.9 Å². The molecule has 1 aliphatic heterocycles. The van der Waals surface area contributed by atoms with Gasteiger partial charge in [-0.1, -0.05) is 46.4 Å². The van der Waals surface area contributed by atoms with Crippen molar-refractivity contribution in [1.82, 2.24) is 5.32 Å². The monoisotopic (exact) mass is 242 g/mol. The minimum atomic E-state index is 0.286. The van der Waals surface area contributed by atoms with Gasteiger partial charge < -0.3 is 5.32 Å². The zero-order valence-electron chi connectivity index (χ0n) is 11.5. The van der Waals surface area contributed by atoms with Gasteiger partial charge in [0.05, 0.1) is 6.04 Å². The van der Waals surface area contributed by atoms with Crippen LogP contribution in [0.4, 0.5) is 0 Å². The van der Waals surface area contributed by atoms with E-state index in [4.69, 9.17) is 4.99 Å². The second kappa shape index (κ2) is 5.44. The van der Waals surface area contributed by atoms with Crippen LogP contribution in [0.3, 0.4) is 0 Å². The van der Waals surface area contributed by atoms with Gasteiger partial charge in [-0.25, -0.2) is 0 Å². The maximum absolute atomic E-state index is 4.80. The van der Waals surface area contributed by atoms with Crippen molar-refractivity contribution in [2.75, 3.05) is 5.75 Å². The molecule has 1 N–H and O–H groups in total. The topological polar surface area (TPSA) is 24.4 Å². The summed E-state index contributed by atoms with van der Waals surface area (Å²) in [5, 5.41) is 4.70. The molecule has 1 aliphatic rings. The van der Waals surface area contributed by atoms with E-state index in [1.807, 2.05) is 11.8 Å². The predicted octanol–water partition coefficient (Wildman–Crippen LogP) is 3.53. The lowest BCUT2D eigenvalue weighted by molar-refractivity contribution is 0.316. The van der Waals surface area contributed by atoms with Crippen LogP contribution in [0.2, 0.25) is 0 Å². The Labute approximate surface area is 105 Å². The van der Waals surface area contributed by atoms with Gasteiger partial charge in [0.15, 0.2) is 5.17 Å². The Balaban J connectivity index is 2.60. The molecule has 0 aromatic heterocycles. The van der Waals surface area contributed by atoms with Gasteiger partial charge in [0.1, 0.15) is 0 Å². The maximum atomic E-state index is 4.80. The first-order valence-electron chi connectivity index (χ1n) is 6.28. The third kappa shape index (κ3) is 4.00. The van der Waals surface area contributed by atoms with E-state index in [0.717, 1.165) is 5.17 Å². The van der Waals surface area contributed by atoms with E-state index in [1.165, 1.54) is 12.2 Å². The Hall–Kier alpha value is -0.180. The van der Waals surface area contributed by atoms with E-state index in [1.54, 1.807) is 0 Å². The summed E-state index contributed by atoms with van der Waals surface area (Å²) in [6.07, 6.45) is 1.22.